The number of nitrogens with zero attached hydrogens (tertiary/aromatic N) is 5. The Kier molecular flexibility index (Phi) is 5.18. The zero-order valence-electron chi connectivity index (χ0n) is 16.2. The molecule has 0 bridgehead atoms. The van der Waals surface area contributed by atoms with Crippen LogP contribution in [0.15, 0.2) is 36.7 Å². The first-order chi connectivity index (χ1) is 13.2. The molecule has 0 radical (unpaired) electrons. The summed E-state index contributed by atoms with van der Waals surface area (Å²) in [6, 6.07) is 9.04. The molecule has 1 saturated heterocycles. The molecule has 6 nitrogen and oxygen atoms in total. The maximum absolute atomic E-state index is 5.73. The van der Waals surface area contributed by atoms with Crippen LogP contribution in [0.4, 0.5) is 0 Å². The predicted molar refractivity (Wildman–Crippen MR) is 108 cm³/mol. The van der Waals surface area contributed by atoms with Crippen molar-refractivity contribution < 1.29 is 0 Å². The second-order valence-electron chi connectivity index (χ2n) is 7.74. The highest BCUT2D eigenvalue weighted by Gasteiger charge is 2.29. The van der Waals surface area contributed by atoms with Gasteiger partial charge in [-0.3, -0.25) is 4.90 Å². The van der Waals surface area contributed by atoms with E-state index in [0.717, 1.165) is 42.9 Å². The van der Waals surface area contributed by atoms with Gasteiger partial charge in [0.1, 0.15) is 5.52 Å². The highest BCUT2D eigenvalue weighted by molar-refractivity contribution is 5.73. The Morgan fingerprint density at radius 1 is 1.15 bits per heavy atom. The molecule has 2 N–H and O–H groups in total. The van der Waals surface area contributed by atoms with Crippen molar-refractivity contribution in [2.75, 3.05) is 19.6 Å². The molecule has 1 fully saturated rings. The summed E-state index contributed by atoms with van der Waals surface area (Å²) in [7, 11) is 0. The molecular formula is C21H28N6. The third-order valence-corrected chi connectivity index (χ3v) is 5.45. The van der Waals surface area contributed by atoms with Crippen molar-refractivity contribution >= 4 is 11.2 Å². The van der Waals surface area contributed by atoms with Gasteiger partial charge < -0.3 is 5.73 Å². The first kappa shape index (κ1) is 18.1. The average Bonchev–Trinajstić information content (AvgIpc) is 3.28. The zero-order chi connectivity index (χ0) is 18.8. The second kappa shape index (κ2) is 7.74. The summed E-state index contributed by atoms with van der Waals surface area (Å²) in [5, 5.41) is 4.82. The maximum Gasteiger partial charge on any atom is 0.177 e. The summed E-state index contributed by atoms with van der Waals surface area (Å²) in [4.78, 5) is 11.5. The SMILES string of the molecule is CC(C)c1ccc(CN2CCC(c3nn(CCN)c4nccnc34)C2)cc1. The van der Waals surface area contributed by atoms with E-state index in [9.17, 15) is 0 Å². The molecule has 27 heavy (non-hydrogen) atoms. The van der Waals surface area contributed by atoms with Crippen molar-refractivity contribution in [1.82, 2.24) is 24.6 Å². The lowest BCUT2D eigenvalue weighted by Gasteiger charge is -2.16. The Balaban J connectivity index is 1.49. The van der Waals surface area contributed by atoms with Gasteiger partial charge in [0, 0.05) is 37.9 Å². The van der Waals surface area contributed by atoms with Gasteiger partial charge in [-0.15, -0.1) is 0 Å². The van der Waals surface area contributed by atoms with Crippen molar-refractivity contribution in [1.29, 1.82) is 0 Å². The highest BCUT2D eigenvalue weighted by Crippen LogP contribution is 2.31. The van der Waals surface area contributed by atoms with E-state index in [1.54, 1.807) is 12.4 Å². The van der Waals surface area contributed by atoms with Gasteiger partial charge in [-0.1, -0.05) is 38.1 Å². The van der Waals surface area contributed by atoms with Gasteiger partial charge in [-0.2, -0.15) is 5.10 Å². The minimum atomic E-state index is 0.401. The molecule has 0 saturated carbocycles. The Morgan fingerprint density at radius 3 is 2.67 bits per heavy atom. The van der Waals surface area contributed by atoms with E-state index in [1.807, 2.05) is 4.68 Å². The third kappa shape index (κ3) is 3.73. The van der Waals surface area contributed by atoms with Crippen LogP contribution in [0.25, 0.3) is 11.2 Å². The summed E-state index contributed by atoms with van der Waals surface area (Å²) in [6.07, 6.45) is 4.58. The van der Waals surface area contributed by atoms with Crippen LogP contribution in [-0.2, 0) is 13.1 Å². The summed E-state index contributed by atoms with van der Waals surface area (Å²) in [6.45, 7) is 8.78. The molecule has 1 aliphatic rings. The first-order valence-electron chi connectivity index (χ1n) is 9.84. The Morgan fingerprint density at radius 2 is 1.93 bits per heavy atom. The van der Waals surface area contributed by atoms with Gasteiger partial charge in [-0.05, 0) is 30.0 Å². The molecule has 142 valence electrons. The van der Waals surface area contributed by atoms with Crippen LogP contribution in [0.1, 0.15) is 48.9 Å². The van der Waals surface area contributed by atoms with Crippen LogP contribution in [0, 0.1) is 0 Å². The normalized spacial score (nSPS) is 18.0. The number of hydrogen-bond acceptors (Lipinski definition) is 5. The number of rotatable bonds is 6. The number of hydrogen-bond donors (Lipinski definition) is 1. The lowest BCUT2D eigenvalue weighted by molar-refractivity contribution is 0.326. The molecular weight excluding hydrogens is 336 g/mol. The van der Waals surface area contributed by atoms with Crippen LogP contribution < -0.4 is 5.73 Å². The van der Waals surface area contributed by atoms with Gasteiger partial charge in [0.15, 0.2) is 5.65 Å². The largest absolute Gasteiger partial charge is 0.329 e. The van der Waals surface area contributed by atoms with Crippen LogP contribution >= 0.6 is 0 Å². The van der Waals surface area contributed by atoms with E-state index < -0.39 is 0 Å². The number of aromatic nitrogens is 4. The van der Waals surface area contributed by atoms with E-state index in [0.29, 0.717) is 24.9 Å². The average molecular weight is 364 g/mol. The quantitative estimate of drug-likeness (QED) is 0.728. The molecule has 3 aromatic rings. The fourth-order valence-electron chi connectivity index (χ4n) is 3.94. The number of likely N-dealkylation sites (tertiary alicyclic amines) is 1. The molecule has 1 aliphatic heterocycles. The topological polar surface area (TPSA) is 72.9 Å². The number of nitrogens with two attached hydrogens (primary N) is 1. The van der Waals surface area contributed by atoms with Gasteiger partial charge in [0.25, 0.3) is 0 Å². The molecule has 1 aromatic carbocycles. The predicted octanol–water partition coefficient (Wildman–Crippen LogP) is 2.90. The van der Waals surface area contributed by atoms with E-state index in [1.165, 1.54) is 11.1 Å². The third-order valence-electron chi connectivity index (χ3n) is 5.45. The number of benzene rings is 1. The maximum atomic E-state index is 5.73. The lowest BCUT2D eigenvalue weighted by atomic mass is 10.0. The zero-order valence-corrected chi connectivity index (χ0v) is 16.2. The van der Waals surface area contributed by atoms with Crippen LogP contribution in [0.5, 0.6) is 0 Å². The monoisotopic (exact) mass is 364 g/mol. The molecule has 0 aliphatic carbocycles. The highest BCUT2D eigenvalue weighted by atomic mass is 15.3. The van der Waals surface area contributed by atoms with Crippen molar-refractivity contribution in [3.8, 4) is 0 Å². The van der Waals surface area contributed by atoms with Crippen molar-refractivity contribution in [2.45, 2.75) is 45.2 Å². The molecule has 6 heteroatoms. The summed E-state index contributed by atoms with van der Waals surface area (Å²) >= 11 is 0. The fourth-order valence-corrected chi connectivity index (χ4v) is 3.94. The van der Waals surface area contributed by atoms with E-state index in [2.05, 4.69) is 53.0 Å². The van der Waals surface area contributed by atoms with Crippen molar-refractivity contribution in [2.24, 2.45) is 5.73 Å². The number of fused-ring (bicyclic) bond motifs is 1. The lowest BCUT2D eigenvalue weighted by Crippen LogP contribution is -2.20. The van der Waals surface area contributed by atoms with Gasteiger partial charge in [0.05, 0.1) is 12.2 Å². The van der Waals surface area contributed by atoms with Crippen molar-refractivity contribution in [3.63, 3.8) is 0 Å². The van der Waals surface area contributed by atoms with E-state index in [4.69, 9.17) is 10.8 Å². The van der Waals surface area contributed by atoms with Gasteiger partial charge in [-0.25, -0.2) is 14.6 Å². The Labute approximate surface area is 160 Å². The summed E-state index contributed by atoms with van der Waals surface area (Å²) < 4.78 is 1.91. The standard InChI is InChI=1S/C21H28N6/c1-15(2)17-5-3-16(4-6-17)13-26-11-7-18(14-26)19-20-21(24-10-9-23-20)27(25-19)12-8-22/h3-6,9-10,15,18H,7-8,11-14,22H2,1-2H3. The molecule has 4 rings (SSSR count). The van der Waals surface area contributed by atoms with Crippen LogP contribution in [0.2, 0.25) is 0 Å². The molecule has 1 unspecified atom stereocenters. The molecule has 0 amide bonds. The molecule has 2 aromatic heterocycles. The van der Waals surface area contributed by atoms with Crippen LogP contribution in [-0.4, -0.2) is 44.3 Å². The molecule has 3 heterocycles. The smallest absolute Gasteiger partial charge is 0.177 e. The second-order valence-corrected chi connectivity index (χ2v) is 7.74. The van der Waals surface area contributed by atoms with Crippen LogP contribution in [0.3, 0.4) is 0 Å². The minimum absolute atomic E-state index is 0.401. The van der Waals surface area contributed by atoms with Gasteiger partial charge >= 0.3 is 0 Å². The fraction of sp³-hybridized carbons (Fsp3) is 0.476. The van der Waals surface area contributed by atoms with E-state index >= 15 is 0 Å². The first-order valence-corrected chi connectivity index (χ1v) is 9.84. The molecule has 1 atom stereocenters. The summed E-state index contributed by atoms with van der Waals surface area (Å²) in [5.74, 6) is 0.978. The summed E-state index contributed by atoms with van der Waals surface area (Å²) in [5.41, 5.74) is 11.4. The minimum Gasteiger partial charge on any atom is -0.329 e. The Hall–Kier alpha value is -2.31. The Bertz CT molecular complexity index is 899. The van der Waals surface area contributed by atoms with Crippen molar-refractivity contribution in [3.05, 3.63) is 53.5 Å². The van der Waals surface area contributed by atoms with Gasteiger partial charge in [0.2, 0.25) is 0 Å². The van der Waals surface area contributed by atoms with E-state index in [-0.39, 0.29) is 0 Å². The molecule has 0 spiro atoms.